The molecule has 9 heteroatoms. The first-order chi connectivity index (χ1) is 10.7. The maximum atomic E-state index is 13.2. The molecule has 128 valence electrons. The van der Waals surface area contributed by atoms with Crippen LogP contribution in [-0.4, -0.2) is 49.9 Å². The second kappa shape index (κ2) is 7.93. The number of ether oxygens (including phenoxy) is 1. The van der Waals surface area contributed by atoms with Crippen LogP contribution in [0.3, 0.4) is 0 Å². The highest BCUT2D eigenvalue weighted by atomic mass is 19.4. The number of aliphatic hydroxyl groups is 1. The first-order valence-electron chi connectivity index (χ1n) is 6.62. The lowest BCUT2D eigenvalue weighted by Gasteiger charge is -2.31. The van der Waals surface area contributed by atoms with Crippen molar-refractivity contribution in [3.8, 4) is 0 Å². The molecule has 0 unspecified atom stereocenters. The van der Waals surface area contributed by atoms with E-state index in [1.54, 1.807) is 5.32 Å². The van der Waals surface area contributed by atoms with E-state index >= 15 is 0 Å². The number of carbonyl (C=O) groups is 2. The van der Waals surface area contributed by atoms with Gasteiger partial charge in [-0.05, 0) is 5.56 Å². The van der Waals surface area contributed by atoms with E-state index in [1.807, 2.05) is 0 Å². The van der Waals surface area contributed by atoms with E-state index in [-0.39, 0.29) is 13.2 Å². The Labute approximate surface area is 130 Å². The molecule has 1 aromatic carbocycles. The molecule has 0 bridgehead atoms. The Morgan fingerprint density at radius 1 is 1.13 bits per heavy atom. The predicted molar refractivity (Wildman–Crippen MR) is 74.3 cm³/mol. The molecule has 2 amide bonds. The molecule has 6 nitrogen and oxygen atoms in total. The Hall–Kier alpha value is -2.13. The topological polar surface area (TPSA) is 87.7 Å². The van der Waals surface area contributed by atoms with Crippen molar-refractivity contribution in [2.24, 2.45) is 0 Å². The summed E-state index contributed by atoms with van der Waals surface area (Å²) in [6.07, 6.45) is -5.03. The molecule has 0 heterocycles. The lowest BCUT2D eigenvalue weighted by atomic mass is 9.93. The van der Waals surface area contributed by atoms with Crippen molar-refractivity contribution in [3.63, 3.8) is 0 Å². The molecule has 0 aliphatic heterocycles. The molecule has 0 fully saturated rings. The van der Waals surface area contributed by atoms with Gasteiger partial charge in [0.1, 0.15) is 0 Å². The third kappa shape index (κ3) is 4.93. The fourth-order valence-electron chi connectivity index (χ4n) is 1.72. The summed E-state index contributed by atoms with van der Waals surface area (Å²) >= 11 is 0. The highest BCUT2D eigenvalue weighted by molar-refractivity contribution is 6.35. The molecular formula is C14H17F3N2O4. The Morgan fingerprint density at radius 3 is 2.22 bits per heavy atom. The van der Waals surface area contributed by atoms with Gasteiger partial charge in [0, 0.05) is 13.7 Å². The van der Waals surface area contributed by atoms with E-state index in [2.05, 4.69) is 10.1 Å². The van der Waals surface area contributed by atoms with Crippen molar-refractivity contribution in [2.45, 2.75) is 11.8 Å². The SMILES string of the molecule is COCCNC(=O)C(=O)NC[C@@](O)(c1ccccc1)C(F)(F)F. The van der Waals surface area contributed by atoms with Crippen molar-refractivity contribution < 1.29 is 32.6 Å². The molecule has 1 aromatic rings. The average molecular weight is 334 g/mol. The Kier molecular flexibility index (Phi) is 6.52. The van der Waals surface area contributed by atoms with Crippen LogP contribution in [0.5, 0.6) is 0 Å². The second-order valence-electron chi connectivity index (χ2n) is 4.66. The average Bonchev–Trinajstić information content (AvgIpc) is 2.52. The maximum absolute atomic E-state index is 13.2. The van der Waals surface area contributed by atoms with Gasteiger partial charge in [0.05, 0.1) is 13.2 Å². The van der Waals surface area contributed by atoms with Crippen molar-refractivity contribution in [2.75, 3.05) is 26.8 Å². The number of benzene rings is 1. The van der Waals surface area contributed by atoms with Crippen LogP contribution in [0.2, 0.25) is 0 Å². The summed E-state index contributed by atoms with van der Waals surface area (Å²) in [6.45, 7) is -1.00. The van der Waals surface area contributed by atoms with Crippen molar-refractivity contribution >= 4 is 11.8 Å². The van der Waals surface area contributed by atoms with E-state index in [4.69, 9.17) is 0 Å². The molecule has 1 rings (SSSR count). The van der Waals surface area contributed by atoms with Crippen molar-refractivity contribution in [3.05, 3.63) is 35.9 Å². The highest BCUT2D eigenvalue weighted by Crippen LogP contribution is 2.38. The molecule has 0 aromatic heterocycles. The van der Waals surface area contributed by atoms with E-state index in [9.17, 15) is 27.9 Å². The number of hydrogen-bond acceptors (Lipinski definition) is 4. The number of alkyl halides is 3. The van der Waals surface area contributed by atoms with Gasteiger partial charge in [0.2, 0.25) is 5.60 Å². The summed E-state index contributed by atoms with van der Waals surface area (Å²) in [7, 11) is 1.38. The minimum Gasteiger partial charge on any atom is -0.383 e. The van der Waals surface area contributed by atoms with Crippen LogP contribution < -0.4 is 10.6 Å². The van der Waals surface area contributed by atoms with Gasteiger partial charge in [-0.25, -0.2) is 0 Å². The minimum absolute atomic E-state index is 0.0327. The van der Waals surface area contributed by atoms with Gasteiger partial charge in [-0.1, -0.05) is 30.3 Å². The Bertz CT molecular complexity index is 537. The van der Waals surface area contributed by atoms with Gasteiger partial charge in [0.15, 0.2) is 0 Å². The zero-order valence-corrected chi connectivity index (χ0v) is 12.3. The summed E-state index contributed by atoms with van der Waals surface area (Å²) in [5.41, 5.74) is -3.73. The van der Waals surface area contributed by atoms with Gasteiger partial charge in [0.25, 0.3) is 0 Å². The smallest absolute Gasteiger partial charge is 0.383 e. The van der Waals surface area contributed by atoms with E-state index in [1.165, 1.54) is 25.3 Å². The quantitative estimate of drug-likeness (QED) is 0.516. The number of methoxy groups -OCH3 is 1. The number of rotatable bonds is 6. The zero-order valence-electron chi connectivity index (χ0n) is 12.3. The monoisotopic (exact) mass is 334 g/mol. The summed E-state index contributed by atoms with van der Waals surface area (Å²) in [5.74, 6) is -2.39. The molecule has 0 radical (unpaired) electrons. The number of hydrogen-bond donors (Lipinski definition) is 3. The van der Waals surface area contributed by atoms with Crippen molar-refractivity contribution in [1.82, 2.24) is 10.6 Å². The molecule has 0 aliphatic carbocycles. The highest BCUT2D eigenvalue weighted by Gasteiger charge is 2.55. The zero-order chi connectivity index (χ0) is 17.5. The lowest BCUT2D eigenvalue weighted by Crippen LogP contribution is -2.53. The van der Waals surface area contributed by atoms with Gasteiger partial charge in [-0.3, -0.25) is 9.59 Å². The third-order valence-corrected chi connectivity index (χ3v) is 3.02. The van der Waals surface area contributed by atoms with Crippen LogP contribution in [0.15, 0.2) is 30.3 Å². The van der Waals surface area contributed by atoms with E-state index in [0.717, 1.165) is 12.1 Å². The standard InChI is InChI=1S/C14H17F3N2O4/c1-23-8-7-18-11(20)12(21)19-9-13(22,14(15,16)17)10-5-3-2-4-6-10/h2-6,22H,7-9H2,1H3,(H,18,20)(H,19,21)/t13-/m1/s1. The summed E-state index contributed by atoms with van der Waals surface area (Å²) in [6, 6.07) is 6.30. The largest absolute Gasteiger partial charge is 0.423 e. The summed E-state index contributed by atoms with van der Waals surface area (Å²) in [4.78, 5) is 22.9. The maximum Gasteiger partial charge on any atom is 0.423 e. The number of carbonyl (C=O) groups excluding carboxylic acids is 2. The van der Waals surface area contributed by atoms with Crippen LogP contribution >= 0.6 is 0 Å². The molecule has 0 saturated carbocycles. The number of halogens is 3. The van der Waals surface area contributed by atoms with Crippen LogP contribution in [0.4, 0.5) is 13.2 Å². The molecule has 23 heavy (non-hydrogen) atoms. The molecule has 1 atom stereocenters. The summed E-state index contributed by atoms with van der Waals surface area (Å²) < 4.78 is 44.2. The molecule has 3 N–H and O–H groups in total. The Morgan fingerprint density at radius 2 is 1.70 bits per heavy atom. The van der Waals surface area contributed by atoms with Gasteiger partial charge >= 0.3 is 18.0 Å². The van der Waals surface area contributed by atoms with E-state index in [0.29, 0.717) is 0 Å². The van der Waals surface area contributed by atoms with Crippen LogP contribution in [0.25, 0.3) is 0 Å². The molecule has 0 spiro atoms. The Balaban J connectivity index is 2.77. The van der Waals surface area contributed by atoms with Crippen LogP contribution in [0.1, 0.15) is 5.56 Å². The van der Waals surface area contributed by atoms with Gasteiger partial charge in [-0.2, -0.15) is 13.2 Å². The first-order valence-corrected chi connectivity index (χ1v) is 6.62. The molecule has 0 aliphatic rings. The van der Waals surface area contributed by atoms with Gasteiger partial charge in [-0.15, -0.1) is 0 Å². The molecular weight excluding hydrogens is 317 g/mol. The van der Waals surface area contributed by atoms with Crippen LogP contribution in [0, 0.1) is 0 Å². The van der Waals surface area contributed by atoms with Crippen molar-refractivity contribution in [1.29, 1.82) is 0 Å². The normalized spacial score (nSPS) is 14.0. The fraction of sp³-hybridized carbons (Fsp3) is 0.429. The second-order valence-corrected chi connectivity index (χ2v) is 4.66. The number of amides is 2. The van der Waals surface area contributed by atoms with Gasteiger partial charge < -0.3 is 20.5 Å². The lowest BCUT2D eigenvalue weighted by molar-refractivity contribution is -0.264. The first kappa shape index (κ1) is 18.9. The number of nitrogens with one attached hydrogen (secondary N) is 2. The predicted octanol–water partition coefficient (Wildman–Crippen LogP) is 0.315. The van der Waals surface area contributed by atoms with E-state index < -0.39 is 35.7 Å². The third-order valence-electron chi connectivity index (χ3n) is 3.02. The fourth-order valence-corrected chi connectivity index (χ4v) is 1.72. The van der Waals surface area contributed by atoms with Crippen LogP contribution in [-0.2, 0) is 19.9 Å². The molecule has 0 saturated heterocycles. The minimum atomic E-state index is -5.03. The summed E-state index contributed by atoms with van der Waals surface area (Å²) in [5, 5.41) is 13.9.